The molecule has 0 fully saturated rings. The summed E-state index contributed by atoms with van der Waals surface area (Å²) in [7, 11) is -4.86. The molecule has 0 radical (unpaired) electrons. The highest BCUT2D eigenvalue weighted by molar-refractivity contribution is 7.85. The molecular formula is C8H7F3O3S. The molecule has 0 amide bonds. The van der Waals surface area contributed by atoms with Gasteiger partial charge in [-0.05, 0) is 24.6 Å². The molecule has 1 aromatic carbocycles. The van der Waals surface area contributed by atoms with Gasteiger partial charge >= 0.3 is 6.18 Å². The minimum absolute atomic E-state index is 0.315. The molecule has 0 aliphatic carbocycles. The zero-order valence-corrected chi connectivity index (χ0v) is 8.35. The SMILES string of the molecule is Cc1ccc(C(F)(F)F)c(S(=O)(=O)O)c1. The molecule has 0 aromatic heterocycles. The second-order valence-electron chi connectivity index (χ2n) is 2.97. The van der Waals surface area contributed by atoms with Crippen LogP contribution in [0.25, 0.3) is 0 Å². The number of halogens is 3. The molecule has 1 aromatic rings. The van der Waals surface area contributed by atoms with Crippen molar-refractivity contribution in [3.05, 3.63) is 29.3 Å². The van der Waals surface area contributed by atoms with Crippen molar-refractivity contribution >= 4 is 10.1 Å². The van der Waals surface area contributed by atoms with Crippen LogP contribution in [0.15, 0.2) is 23.1 Å². The van der Waals surface area contributed by atoms with Crippen LogP contribution in [0.4, 0.5) is 13.2 Å². The van der Waals surface area contributed by atoms with Crippen LogP contribution >= 0.6 is 0 Å². The third-order valence-electron chi connectivity index (χ3n) is 1.72. The van der Waals surface area contributed by atoms with Gasteiger partial charge in [-0.2, -0.15) is 21.6 Å². The molecule has 84 valence electrons. The highest BCUT2D eigenvalue weighted by Gasteiger charge is 2.36. The van der Waals surface area contributed by atoms with E-state index in [1.807, 2.05) is 0 Å². The first-order valence-corrected chi connectivity index (χ1v) is 5.22. The Hall–Kier alpha value is -1.08. The van der Waals surface area contributed by atoms with Gasteiger partial charge in [0, 0.05) is 0 Å². The summed E-state index contributed by atoms with van der Waals surface area (Å²) in [5, 5.41) is 0. The Bertz CT molecular complexity index is 476. The average Bonchev–Trinajstić information content (AvgIpc) is 2.00. The first-order valence-electron chi connectivity index (χ1n) is 3.78. The van der Waals surface area contributed by atoms with Gasteiger partial charge in [-0.15, -0.1) is 0 Å². The van der Waals surface area contributed by atoms with Crippen LogP contribution in [0.1, 0.15) is 11.1 Å². The van der Waals surface area contributed by atoms with Crippen molar-refractivity contribution in [3.63, 3.8) is 0 Å². The maximum atomic E-state index is 12.3. The lowest BCUT2D eigenvalue weighted by molar-refractivity contribution is -0.140. The van der Waals surface area contributed by atoms with Crippen molar-refractivity contribution in [3.8, 4) is 0 Å². The molecule has 0 saturated carbocycles. The van der Waals surface area contributed by atoms with Crippen molar-refractivity contribution in [2.24, 2.45) is 0 Å². The van der Waals surface area contributed by atoms with Gasteiger partial charge in [0.25, 0.3) is 10.1 Å². The van der Waals surface area contributed by atoms with Crippen LogP contribution < -0.4 is 0 Å². The quantitative estimate of drug-likeness (QED) is 0.766. The molecule has 0 aliphatic heterocycles. The van der Waals surface area contributed by atoms with E-state index in [0.29, 0.717) is 11.6 Å². The fourth-order valence-corrected chi connectivity index (χ4v) is 1.87. The van der Waals surface area contributed by atoms with E-state index in [0.717, 1.165) is 12.1 Å². The Labute approximate surface area is 84.3 Å². The van der Waals surface area contributed by atoms with E-state index >= 15 is 0 Å². The van der Waals surface area contributed by atoms with Crippen molar-refractivity contribution < 1.29 is 26.1 Å². The zero-order valence-electron chi connectivity index (χ0n) is 7.54. The molecule has 0 aliphatic rings. The Balaban J connectivity index is 3.55. The number of benzene rings is 1. The van der Waals surface area contributed by atoms with Crippen molar-refractivity contribution in [2.45, 2.75) is 18.0 Å². The van der Waals surface area contributed by atoms with E-state index < -0.39 is 26.8 Å². The second kappa shape index (κ2) is 3.49. The number of alkyl halides is 3. The van der Waals surface area contributed by atoms with E-state index in [1.165, 1.54) is 6.92 Å². The highest BCUT2D eigenvalue weighted by Crippen LogP contribution is 2.34. The van der Waals surface area contributed by atoms with Crippen molar-refractivity contribution in [1.82, 2.24) is 0 Å². The Morgan fingerprint density at radius 2 is 1.80 bits per heavy atom. The van der Waals surface area contributed by atoms with Gasteiger partial charge in [0.2, 0.25) is 0 Å². The monoisotopic (exact) mass is 240 g/mol. The molecule has 1 N–H and O–H groups in total. The van der Waals surface area contributed by atoms with Crippen molar-refractivity contribution in [2.75, 3.05) is 0 Å². The summed E-state index contributed by atoms with van der Waals surface area (Å²) in [4.78, 5) is -1.12. The maximum absolute atomic E-state index is 12.3. The topological polar surface area (TPSA) is 54.4 Å². The van der Waals surface area contributed by atoms with Gasteiger partial charge in [0.1, 0.15) is 4.90 Å². The van der Waals surface area contributed by atoms with Crippen LogP contribution in [-0.4, -0.2) is 13.0 Å². The first kappa shape index (κ1) is 12.0. The van der Waals surface area contributed by atoms with Crippen molar-refractivity contribution in [1.29, 1.82) is 0 Å². The molecule has 0 atom stereocenters. The highest BCUT2D eigenvalue weighted by atomic mass is 32.2. The minimum atomic E-state index is -4.86. The van der Waals surface area contributed by atoms with Gasteiger partial charge < -0.3 is 0 Å². The fourth-order valence-electron chi connectivity index (χ4n) is 1.08. The van der Waals surface area contributed by atoms with E-state index in [2.05, 4.69) is 0 Å². The minimum Gasteiger partial charge on any atom is -0.282 e. The average molecular weight is 240 g/mol. The Morgan fingerprint density at radius 3 is 2.20 bits per heavy atom. The normalized spacial score (nSPS) is 12.9. The van der Waals surface area contributed by atoms with Crippen LogP contribution in [0.3, 0.4) is 0 Å². The van der Waals surface area contributed by atoms with Crippen LogP contribution in [0, 0.1) is 6.92 Å². The van der Waals surface area contributed by atoms with E-state index in [9.17, 15) is 21.6 Å². The van der Waals surface area contributed by atoms with Gasteiger partial charge in [-0.25, -0.2) is 0 Å². The first-order chi connectivity index (χ1) is 6.62. The van der Waals surface area contributed by atoms with Gasteiger partial charge in [-0.1, -0.05) is 6.07 Å². The van der Waals surface area contributed by atoms with E-state index in [1.54, 1.807) is 0 Å². The lowest BCUT2D eigenvalue weighted by Gasteiger charge is -2.11. The van der Waals surface area contributed by atoms with Gasteiger partial charge in [-0.3, -0.25) is 4.55 Å². The number of hydrogen-bond acceptors (Lipinski definition) is 2. The molecule has 1 rings (SSSR count). The summed E-state index contributed by atoms with van der Waals surface area (Å²) in [6, 6.07) is 2.52. The third kappa shape index (κ3) is 2.69. The zero-order chi connectivity index (χ0) is 11.9. The van der Waals surface area contributed by atoms with Gasteiger partial charge in [0.05, 0.1) is 5.56 Å². The molecule has 0 saturated heterocycles. The lowest BCUT2D eigenvalue weighted by Crippen LogP contribution is -2.12. The van der Waals surface area contributed by atoms with E-state index in [4.69, 9.17) is 4.55 Å². The summed E-state index contributed by atoms with van der Waals surface area (Å²) in [5.41, 5.74) is -1.05. The maximum Gasteiger partial charge on any atom is 0.417 e. The molecular weight excluding hydrogens is 233 g/mol. The predicted molar refractivity (Wildman–Crippen MR) is 46.0 cm³/mol. The summed E-state index contributed by atoms with van der Waals surface area (Å²) >= 11 is 0. The fraction of sp³-hybridized carbons (Fsp3) is 0.250. The lowest BCUT2D eigenvalue weighted by atomic mass is 10.1. The summed E-state index contributed by atoms with van der Waals surface area (Å²) in [6.07, 6.45) is -4.81. The summed E-state index contributed by atoms with van der Waals surface area (Å²) in [5.74, 6) is 0. The van der Waals surface area contributed by atoms with Crippen LogP contribution in [0.2, 0.25) is 0 Å². The van der Waals surface area contributed by atoms with Gasteiger partial charge in [0.15, 0.2) is 0 Å². The molecule has 15 heavy (non-hydrogen) atoms. The van der Waals surface area contributed by atoms with E-state index in [-0.39, 0.29) is 0 Å². The molecule has 0 bridgehead atoms. The summed E-state index contributed by atoms with van der Waals surface area (Å²) < 4.78 is 67.1. The second-order valence-corrected chi connectivity index (χ2v) is 4.36. The smallest absolute Gasteiger partial charge is 0.282 e. The molecule has 0 spiro atoms. The molecule has 3 nitrogen and oxygen atoms in total. The largest absolute Gasteiger partial charge is 0.417 e. The molecule has 7 heteroatoms. The number of aryl methyl sites for hydroxylation is 1. The van der Waals surface area contributed by atoms with Crippen LogP contribution in [-0.2, 0) is 16.3 Å². The predicted octanol–water partition coefficient (Wildman–Crippen LogP) is 2.26. The van der Waals surface area contributed by atoms with Crippen LogP contribution in [0.5, 0.6) is 0 Å². The number of rotatable bonds is 1. The molecule has 0 heterocycles. The number of hydrogen-bond donors (Lipinski definition) is 1. The Kier molecular flexibility index (Phi) is 2.79. The Morgan fingerprint density at radius 1 is 1.27 bits per heavy atom. The molecule has 0 unspecified atom stereocenters. The summed E-state index contributed by atoms with van der Waals surface area (Å²) in [6.45, 7) is 1.43. The third-order valence-corrected chi connectivity index (χ3v) is 2.61. The standard InChI is InChI=1S/C8H7F3O3S/c1-5-2-3-6(8(9,10)11)7(4-5)15(12,13)14/h2-4H,1H3,(H,12,13,14).